The first-order valence-corrected chi connectivity index (χ1v) is 10.8. The van der Waals surface area contributed by atoms with Gasteiger partial charge in [0.15, 0.2) is 16.8 Å². The van der Waals surface area contributed by atoms with Gasteiger partial charge in [-0.05, 0) is 24.6 Å². The third kappa shape index (κ3) is 6.05. The fraction of sp³-hybridized carbons (Fsp3) is 0.458. The second-order valence-electron chi connectivity index (χ2n) is 7.68. The molecule has 0 spiro atoms. The second kappa shape index (κ2) is 10.8. The van der Waals surface area contributed by atoms with Crippen LogP contribution in [0.3, 0.4) is 0 Å². The van der Waals surface area contributed by atoms with Gasteiger partial charge in [0.1, 0.15) is 23.6 Å². The molecular weight excluding hydrogens is 382 g/mol. The Morgan fingerprint density at radius 2 is 1.77 bits per heavy atom. The summed E-state index contributed by atoms with van der Waals surface area (Å²) < 4.78 is 11.1. The Morgan fingerprint density at radius 1 is 1.03 bits per heavy atom. The molecular formula is C24H29NO5. The Hall–Kier alpha value is -2.89. The molecule has 0 amide bonds. The number of carbonyl (C=O) groups is 1. The minimum absolute atomic E-state index is 0.0193. The fourth-order valence-corrected chi connectivity index (χ4v) is 3.50. The Kier molecular flexibility index (Phi) is 7.82. The van der Waals surface area contributed by atoms with E-state index in [1.54, 1.807) is 6.07 Å². The van der Waals surface area contributed by atoms with Crippen molar-refractivity contribution in [2.75, 3.05) is 0 Å². The number of phenolic OH excluding ortho intramolecular Hbond substituents is 1. The first-order chi connectivity index (χ1) is 14.6. The van der Waals surface area contributed by atoms with E-state index < -0.39 is 0 Å². The van der Waals surface area contributed by atoms with E-state index in [0.29, 0.717) is 34.5 Å². The average molecular weight is 411 g/mol. The standard InChI is InChI=1S/C24H29NO5/c1-2-3-4-5-6-7-8-9-10-23(28)29-16-17-13-19(27)15-22-24(17)25-20-12-11-18(26)14-21(20)30-22/h11-15,26H,2-10,16H2,1H3. The van der Waals surface area contributed by atoms with Gasteiger partial charge in [0.2, 0.25) is 0 Å². The summed E-state index contributed by atoms with van der Waals surface area (Å²) in [6, 6.07) is 7.36. The number of aromatic nitrogens is 1. The molecule has 1 aliphatic carbocycles. The maximum absolute atomic E-state index is 12.1. The van der Waals surface area contributed by atoms with E-state index in [-0.39, 0.29) is 23.8 Å². The Bertz CT molecular complexity index is 1010. The van der Waals surface area contributed by atoms with Crippen LogP contribution in [-0.4, -0.2) is 16.1 Å². The minimum atomic E-state index is -0.270. The van der Waals surface area contributed by atoms with E-state index in [0.717, 1.165) is 19.3 Å². The van der Waals surface area contributed by atoms with Crippen LogP contribution < -0.4 is 5.43 Å². The molecule has 160 valence electrons. The summed E-state index contributed by atoms with van der Waals surface area (Å²) in [4.78, 5) is 28.6. The lowest BCUT2D eigenvalue weighted by Gasteiger charge is -2.11. The van der Waals surface area contributed by atoms with Crippen molar-refractivity contribution < 1.29 is 19.1 Å². The van der Waals surface area contributed by atoms with Crippen molar-refractivity contribution in [1.29, 1.82) is 0 Å². The molecule has 1 aliphatic heterocycles. The van der Waals surface area contributed by atoms with Gasteiger partial charge in [-0.2, -0.15) is 0 Å². The molecule has 0 bridgehead atoms. The van der Waals surface area contributed by atoms with Crippen LogP contribution in [0, 0.1) is 0 Å². The van der Waals surface area contributed by atoms with E-state index in [2.05, 4.69) is 11.9 Å². The summed E-state index contributed by atoms with van der Waals surface area (Å²) in [7, 11) is 0. The van der Waals surface area contributed by atoms with Crippen molar-refractivity contribution in [2.24, 2.45) is 0 Å². The zero-order valence-corrected chi connectivity index (χ0v) is 17.5. The molecule has 1 N–H and O–H groups in total. The highest BCUT2D eigenvalue weighted by atomic mass is 16.5. The van der Waals surface area contributed by atoms with Crippen LogP contribution in [0.2, 0.25) is 0 Å². The predicted molar refractivity (Wildman–Crippen MR) is 116 cm³/mol. The number of fused-ring (bicyclic) bond motifs is 2. The number of ether oxygens (including phenoxy) is 1. The van der Waals surface area contributed by atoms with Gasteiger partial charge in [0.25, 0.3) is 0 Å². The number of rotatable bonds is 11. The molecule has 2 aliphatic rings. The van der Waals surface area contributed by atoms with Crippen molar-refractivity contribution >= 4 is 17.1 Å². The molecule has 0 saturated carbocycles. The number of nitrogens with zero attached hydrogens (tertiary/aromatic N) is 1. The zero-order valence-electron chi connectivity index (χ0n) is 17.5. The zero-order chi connectivity index (χ0) is 21.3. The van der Waals surface area contributed by atoms with Crippen molar-refractivity contribution in [3.05, 3.63) is 46.1 Å². The number of esters is 1. The average Bonchev–Trinajstić information content (AvgIpc) is 2.72. The van der Waals surface area contributed by atoms with Gasteiger partial charge in [0, 0.05) is 24.1 Å². The predicted octanol–water partition coefficient (Wildman–Crippen LogP) is 5.57. The van der Waals surface area contributed by atoms with Crippen LogP contribution in [0.4, 0.5) is 0 Å². The van der Waals surface area contributed by atoms with Gasteiger partial charge < -0.3 is 14.3 Å². The Morgan fingerprint density at radius 3 is 2.53 bits per heavy atom. The molecule has 0 atom stereocenters. The largest absolute Gasteiger partial charge is 0.508 e. The summed E-state index contributed by atoms with van der Waals surface area (Å²) in [6.07, 6.45) is 9.70. The quantitative estimate of drug-likeness (QED) is 0.252. The lowest BCUT2D eigenvalue weighted by molar-refractivity contribution is -0.145. The molecule has 0 fully saturated rings. The van der Waals surface area contributed by atoms with Crippen molar-refractivity contribution in [3.8, 4) is 17.2 Å². The lowest BCUT2D eigenvalue weighted by Crippen LogP contribution is -2.10. The number of phenols is 1. The van der Waals surface area contributed by atoms with Gasteiger partial charge in [-0.3, -0.25) is 9.59 Å². The first-order valence-electron chi connectivity index (χ1n) is 10.8. The van der Waals surface area contributed by atoms with Crippen LogP contribution in [0.1, 0.15) is 70.3 Å². The van der Waals surface area contributed by atoms with E-state index in [1.807, 2.05) is 0 Å². The second-order valence-corrected chi connectivity index (χ2v) is 7.68. The Balaban J connectivity index is 1.55. The maximum Gasteiger partial charge on any atom is 0.306 e. The van der Waals surface area contributed by atoms with E-state index in [9.17, 15) is 14.7 Å². The minimum Gasteiger partial charge on any atom is -0.508 e. The highest BCUT2D eigenvalue weighted by molar-refractivity contribution is 5.78. The molecule has 1 aromatic rings. The number of benzene rings is 2. The van der Waals surface area contributed by atoms with Gasteiger partial charge in [-0.15, -0.1) is 0 Å². The number of unbranched alkanes of at least 4 members (excludes halogenated alkanes) is 7. The highest BCUT2D eigenvalue weighted by Gasteiger charge is 2.17. The summed E-state index contributed by atoms with van der Waals surface area (Å²) in [5.74, 6) is 0.0867. The number of hydrogen-bond acceptors (Lipinski definition) is 6. The van der Waals surface area contributed by atoms with Gasteiger partial charge in [-0.25, -0.2) is 4.98 Å². The topological polar surface area (TPSA) is 89.6 Å². The molecule has 0 unspecified atom stereocenters. The monoisotopic (exact) mass is 411 g/mol. The van der Waals surface area contributed by atoms with Crippen molar-refractivity contribution in [2.45, 2.75) is 71.3 Å². The molecule has 30 heavy (non-hydrogen) atoms. The van der Waals surface area contributed by atoms with Gasteiger partial charge in [-0.1, -0.05) is 51.9 Å². The molecule has 1 aromatic carbocycles. The number of carbonyl (C=O) groups excluding carboxylic acids is 1. The van der Waals surface area contributed by atoms with E-state index in [1.165, 1.54) is 56.4 Å². The normalized spacial score (nSPS) is 11.2. The number of hydrogen-bond donors (Lipinski definition) is 1. The molecule has 0 radical (unpaired) electrons. The molecule has 6 heteroatoms. The smallest absolute Gasteiger partial charge is 0.306 e. The van der Waals surface area contributed by atoms with Gasteiger partial charge >= 0.3 is 5.97 Å². The van der Waals surface area contributed by atoms with Crippen LogP contribution in [0.15, 0.2) is 39.5 Å². The summed E-state index contributed by atoms with van der Waals surface area (Å²) in [5, 5.41) is 9.60. The van der Waals surface area contributed by atoms with E-state index >= 15 is 0 Å². The molecule has 0 saturated heterocycles. The van der Waals surface area contributed by atoms with Crippen molar-refractivity contribution in [3.63, 3.8) is 0 Å². The van der Waals surface area contributed by atoms with Crippen LogP contribution in [0.25, 0.3) is 22.6 Å². The summed E-state index contributed by atoms with van der Waals surface area (Å²) >= 11 is 0. The van der Waals surface area contributed by atoms with Crippen LogP contribution >= 0.6 is 0 Å². The summed E-state index contributed by atoms with van der Waals surface area (Å²) in [6.45, 7) is 2.19. The maximum atomic E-state index is 12.1. The summed E-state index contributed by atoms with van der Waals surface area (Å²) in [5.41, 5.74) is 1.67. The van der Waals surface area contributed by atoms with Crippen molar-refractivity contribution in [1.82, 2.24) is 4.98 Å². The molecule has 3 rings (SSSR count). The molecule has 1 heterocycles. The third-order valence-corrected chi connectivity index (χ3v) is 5.15. The van der Waals surface area contributed by atoms with Crippen LogP contribution in [0.5, 0.6) is 5.75 Å². The highest BCUT2D eigenvalue weighted by Crippen LogP contribution is 2.28. The molecule has 6 nitrogen and oxygen atoms in total. The SMILES string of the molecule is CCCCCCCCCCC(=O)OCc1cc(=O)cc2oc3cc(O)ccc3nc1-2. The lowest BCUT2D eigenvalue weighted by atomic mass is 10.1. The third-order valence-electron chi connectivity index (χ3n) is 5.15. The first kappa shape index (κ1) is 21.8. The van der Waals surface area contributed by atoms with E-state index in [4.69, 9.17) is 9.15 Å². The van der Waals surface area contributed by atoms with Gasteiger partial charge in [0.05, 0.1) is 0 Å². The van der Waals surface area contributed by atoms with Crippen LogP contribution in [-0.2, 0) is 16.1 Å². The number of aromatic hydroxyl groups is 1. The Labute approximate surface area is 176 Å². The molecule has 0 aromatic heterocycles. The fourth-order valence-electron chi connectivity index (χ4n) is 3.50.